The first-order valence-corrected chi connectivity index (χ1v) is 9.69. The first kappa shape index (κ1) is 20.3. The highest BCUT2D eigenvalue weighted by Gasteiger charge is 2.15. The highest BCUT2D eigenvalue weighted by atomic mass is 19.2. The molecule has 0 spiro atoms. The molecule has 0 atom stereocenters. The molecule has 1 aliphatic rings. The van der Waals surface area contributed by atoms with E-state index < -0.39 is 11.6 Å². The van der Waals surface area contributed by atoms with E-state index in [0.717, 1.165) is 54.9 Å². The Bertz CT molecular complexity index is 820. The van der Waals surface area contributed by atoms with E-state index in [-0.39, 0.29) is 18.4 Å². The van der Waals surface area contributed by atoms with E-state index in [0.29, 0.717) is 18.5 Å². The van der Waals surface area contributed by atoms with Gasteiger partial charge in [0.25, 0.3) is 0 Å². The van der Waals surface area contributed by atoms with Gasteiger partial charge in [-0.25, -0.2) is 8.78 Å². The number of ketones is 1. The Morgan fingerprint density at radius 3 is 2.64 bits per heavy atom. The van der Waals surface area contributed by atoms with E-state index in [1.165, 1.54) is 6.07 Å². The van der Waals surface area contributed by atoms with Crippen molar-refractivity contribution in [2.24, 2.45) is 0 Å². The van der Waals surface area contributed by atoms with Gasteiger partial charge in [0.05, 0.1) is 6.54 Å². The molecule has 1 fully saturated rings. The SMILES string of the molecule is Cc1cc(OC2CCNCC2)ccc1CCC(=O)CNc1ccc(F)c(F)c1. The molecule has 2 aromatic carbocycles. The average molecular weight is 388 g/mol. The van der Waals surface area contributed by atoms with Gasteiger partial charge in [-0.2, -0.15) is 0 Å². The minimum absolute atomic E-state index is 0.0131. The number of halogens is 2. The quantitative estimate of drug-likeness (QED) is 0.717. The van der Waals surface area contributed by atoms with Crippen molar-refractivity contribution in [2.75, 3.05) is 25.0 Å². The molecule has 1 saturated heterocycles. The first-order valence-electron chi connectivity index (χ1n) is 9.69. The van der Waals surface area contributed by atoms with Crippen molar-refractivity contribution in [2.45, 2.75) is 38.7 Å². The zero-order chi connectivity index (χ0) is 19.9. The molecule has 6 heteroatoms. The number of benzene rings is 2. The summed E-state index contributed by atoms with van der Waals surface area (Å²) >= 11 is 0. The molecule has 0 saturated carbocycles. The minimum atomic E-state index is -0.931. The van der Waals surface area contributed by atoms with Gasteiger partial charge < -0.3 is 15.4 Å². The van der Waals surface area contributed by atoms with Gasteiger partial charge in [-0.3, -0.25) is 4.79 Å². The van der Waals surface area contributed by atoms with Crippen LogP contribution in [0.1, 0.15) is 30.4 Å². The average Bonchev–Trinajstić information content (AvgIpc) is 2.69. The van der Waals surface area contributed by atoms with Crippen LogP contribution in [0.25, 0.3) is 0 Å². The number of rotatable bonds is 8. The molecule has 0 bridgehead atoms. The third-order valence-corrected chi connectivity index (χ3v) is 4.99. The summed E-state index contributed by atoms with van der Waals surface area (Å²) in [5, 5.41) is 6.16. The predicted molar refractivity (Wildman–Crippen MR) is 106 cm³/mol. The van der Waals surface area contributed by atoms with Crippen molar-refractivity contribution in [3.05, 3.63) is 59.2 Å². The van der Waals surface area contributed by atoms with E-state index in [1.807, 2.05) is 25.1 Å². The summed E-state index contributed by atoms with van der Waals surface area (Å²) in [6.45, 7) is 4.08. The Morgan fingerprint density at radius 2 is 1.93 bits per heavy atom. The molecule has 150 valence electrons. The van der Waals surface area contributed by atoms with Crippen LogP contribution in [0.5, 0.6) is 5.75 Å². The molecular formula is C22H26F2N2O2. The number of hydrogen-bond acceptors (Lipinski definition) is 4. The highest BCUT2D eigenvalue weighted by molar-refractivity contribution is 5.83. The van der Waals surface area contributed by atoms with E-state index in [2.05, 4.69) is 10.6 Å². The fourth-order valence-corrected chi connectivity index (χ4v) is 3.30. The van der Waals surface area contributed by atoms with Gasteiger partial charge in [0.1, 0.15) is 11.9 Å². The van der Waals surface area contributed by atoms with Crippen LogP contribution in [0.4, 0.5) is 14.5 Å². The number of nitrogens with one attached hydrogen (secondary N) is 2. The van der Waals surface area contributed by atoms with Crippen molar-refractivity contribution >= 4 is 11.5 Å². The summed E-state index contributed by atoms with van der Waals surface area (Å²) < 4.78 is 32.2. The van der Waals surface area contributed by atoms with Crippen molar-refractivity contribution in [3.63, 3.8) is 0 Å². The normalized spacial score (nSPS) is 14.7. The third-order valence-electron chi connectivity index (χ3n) is 4.99. The lowest BCUT2D eigenvalue weighted by molar-refractivity contribution is -0.117. The molecule has 0 aliphatic carbocycles. The summed E-state index contributed by atoms with van der Waals surface area (Å²) in [5.41, 5.74) is 2.61. The van der Waals surface area contributed by atoms with Gasteiger partial charge in [0, 0.05) is 18.2 Å². The summed E-state index contributed by atoms with van der Waals surface area (Å²) in [7, 11) is 0. The zero-order valence-electron chi connectivity index (χ0n) is 16.1. The molecule has 2 N–H and O–H groups in total. The molecule has 2 aromatic rings. The smallest absolute Gasteiger partial charge is 0.160 e. The third kappa shape index (κ3) is 5.76. The van der Waals surface area contributed by atoms with Crippen LogP contribution in [0, 0.1) is 18.6 Å². The molecular weight excluding hydrogens is 362 g/mol. The van der Waals surface area contributed by atoms with Crippen LogP contribution in [-0.2, 0) is 11.2 Å². The fourth-order valence-electron chi connectivity index (χ4n) is 3.30. The van der Waals surface area contributed by atoms with Crippen LogP contribution in [0.15, 0.2) is 36.4 Å². The molecule has 1 aliphatic heterocycles. The van der Waals surface area contributed by atoms with Crippen LogP contribution in [-0.4, -0.2) is 31.5 Å². The number of aryl methyl sites for hydroxylation is 2. The number of hydrogen-bond donors (Lipinski definition) is 2. The van der Waals surface area contributed by atoms with Crippen molar-refractivity contribution in [1.82, 2.24) is 5.32 Å². The Labute approximate surface area is 164 Å². The van der Waals surface area contributed by atoms with Crippen LogP contribution in [0.2, 0.25) is 0 Å². The molecule has 1 heterocycles. The monoisotopic (exact) mass is 388 g/mol. The maximum absolute atomic E-state index is 13.2. The number of anilines is 1. The molecule has 0 radical (unpaired) electrons. The Balaban J connectivity index is 1.46. The van der Waals surface area contributed by atoms with Gasteiger partial charge in [-0.15, -0.1) is 0 Å². The standard InChI is InChI=1S/C22H26F2N2O2/c1-15-12-20(28-19-8-10-25-11-9-19)6-3-16(15)2-5-18(27)14-26-17-4-7-21(23)22(24)13-17/h3-4,6-7,12-13,19,25-26H,2,5,8-11,14H2,1H3. The summed E-state index contributed by atoms with van der Waals surface area (Å²) in [5.74, 6) is -0.946. The zero-order valence-corrected chi connectivity index (χ0v) is 16.1. The maximum Gasteiger partial charge on any atom is 0.160 e. The van der Waals surface area contributed by atoms with Gasteiger partial charge >= 0.3 is 0 Å². The Morgan fingerprint density at radius 1 is 1.14 bits per heavy atom. The second-order valence-corrected chi connectivity index (χ2v) is 7.18. The molecule has 0 unspecified atom stereocenters. The summed E-state index contributed by atoms with van der Waals surface area (Å²) in [4.78, 5) is 12.1. The molecule has 4 nitrogen and oxygen atoms in total. The summed E-state index contributed by atoms with van der Waals surface area (Å²) in [6.07, 6.45) is 3.31. The van der Waals surface area contributed by atoms with E-state index in [9.17, 15) is 13.6 Å². The van der Waals surface area contributed by atoms with Crippen LogP contribution >= 0.6 is 0 Å². The van der Waals surface area contributed by atoms with Crippen molar-refractivity contribution in [3.8, 4) is 5.75 Å². The largest absolute Gasteiger partial charge is 0.490 e. The minimum Gasteiger partial charge on any atom is -0.490 e. The van der Waals surface area contributed by atoms with E-state index in [1.54, 1.807) is 0 Å². The lowest BCUT2D eigenvalue weighted by atomic mass is 10.0. The van der Waals surface area contributed by atoms with Crippen LogP contribution in [0.3, 0.4) is 0 Å². The lowest BCUT2D eigenvalue weighted by Gasteiger charge is -2.24. The van der Waals surface area contributed by atoms with Gasteiger partial charge in [0.2, 0.25) is 0 Å². The number of ether oxygens (including phenoxy) is 1. The Kier molecular flexibility index (Phi) is 6.98. The van der Waals surface area contributed by atoms with Crippen LogP contribution < -0.4 is 15.4 Å². The van der Waals surface area contributed by atoms with Crippen molar-refractivity contribution in [1.29, 1.82) is 0 Å². The Hall–Kier alpha value is -2.47. The second kappa shape index (κ2) is 9.64. The molecule has 3 rings (SSSR count). The predicted octanol–water partition coefficient (Wildman–Crippen LogP) is 4.02. The topological polar surface area (TPSA) is 50.4 Å². The number of carbonyl (C=O) groups excluding carboxylic acids is 1. The lowest BCUT2D eigenvalue weighted by Crippen LogP contribution is -2.34. The van der Waals surface area contributed by atoms with Crippen molar-refractivity contribution < 1.29 is 18.3 Å². The number of Topliss-reactive ketones (excluding diaryl/α,β-unsaturated/α-hetero) is 1. The van der Waals surface area contributed by atoms with Gasteiger partial charge in [-0.05, 0) is 74.7 Å². The second-order valence-electron chi connectivity index (χ2n) is 7.18. The number of carbonyl (C=O) groups is 1. The fraction of sp³-hybridized carbons (Fsp3) is 0.409. The highest BCUT2D eigenvalue weighted by Crippen LogP contribution is 2.22. The van der Waals surface area contributed by atoms with Gasteiger partial charge in [-0.1, -0.05) is 6.07 Å². The first-order chi connectivity index (χ1) is 13.5. The molecule has 0 aromatic heterocycles. The molecule has 0 amide bonds. The summed E-state index contributed by atoms with van der Waals surface area (Å²) in [6, 6.07) is 9.52. The number of piperidine rings is 1. The van der Waals surface area contributed by atoms with E-state index in [4.69, 9.17) is 4.74 Å². The maximum atomic E-state index is 13.2. The molecule has 28 heavy (non-hydrogen) atoms. The van der Waals surface area contributed by atoms with Gasteiger partial charge in [0.15, 0.2) is 17.4 Å². The van der Waals surface area contributed by atoms with E-state index >= 15 is 0 Å².